The van der Waals surface area contributed by atoms with Gasteiger partial charge in [0.2, 0.25) is 0 Å². The molecule has 0 aromatic heterocycles. The van der Waals surface area contributed by atoms with E-state index >= 15 is 0 Å². The molecule has 5 nitrogen and oxygen atoms in total. The van der Waals surface area contributed by atoms with E-state index in [1.54, 1.807) is 18.2 Å². The zero-order valence-electron chi connectivity index (χ0n) is 15.3. The minimum Gasteiger partial charge on any atom is -0.497 e. The van der Waals surface area contributed by atoms with Crippen LogP contribution in [-0.2, 0) is 9.78 Å². The zero-order chi connectivity index (χ0) is 17.7. The van der Waals surface area contributed by atoms with Crippen LogP contribution >= 0.6 is 0 Å². The van der Waals surface area contributed by atoms with Crippen LogP contribution in [0.3, 0.4) is 0 Å². The SMILES string of the molecule is COc1cc(OC)cc(C(=O)OOC2(C)CCC(C(C)C)CC2)c1. The average Bonchev–Trinajstić information content (AvgIpc) is 2.59. The molecule has 0 radical (unpaired) electrons. The normalized spacial score (nSPS) is 23.8. The second-order valence-electron chi connectivity index (χ2n) is 7.09. The Morgan fingerprint density at radius 3 is 2.08 bits per heavy atom. The third kappa shape index (κ3) is 4.63. The predicted molar refractivity (Wildman–Crippen MR) is 91.2 cm³/mol. The van der Waals surface area contributed by atoms with Crippen LogP contribution in [0.1, 0.15) is 56.8 Å². The van der Waals surface area contributed by atoms with Crippen LogP contribution in [0.2, 0.25) is 0 Å². The number of hydrogen-bond acceptors (Lipinski definition) is 5. The van der Waals surface area contributed by atoms with Crippen molar-refractivity contribution < 1.29 is 24.0 Å². The Morgan fingerprint density at radius 1 is 1.08 bits per heavy atom. The largest absolute Gasteiger partial charge is 0.497 e. The van der Waals surface area contributed by atoms with E-state index in [2.05, 4.69) is 13.8 Å². The number of carbonyl (C=O) groups is 1. The van der Waals surface area contributed by atoms with Crippen molar-refractivity contribution in [3.63, 3.8) is 0 Å². The van der Waals surface area contributed by atoms with Crippen LogP contribution in [0.5, 0.6) is 11.5 Å². The van der Waals surface area contributed by atoms with Crippen LogP contribution in [0, 0.1) is 11.8 Å². The molecule has 2 rings (SSSR count). The molecule has 0 heterocycles. The predicted octanol–water partition coefficient (Wildman–Crippen LogP) is 4.40. The molecular formula is C19H28O5. The van der Waals surface area contributed by atoms with Crippen LogP contribution in [0.15, 0.2) is 18.2 Å². The fourth-order valence-corrected chi connectivity index (χ4v) is 3.11. The maximum Gasteiger partial charge on any atom is 0.373 e. The molecule has 1 fully saturated rings. The maximum atomic E-state index is 12.3. The highest BCUT2D eigenvalue weighted by Gasteiger charge is 2.35. The van der Waals surface area contributed by atoms with Gasteiger partial charge in [-0.3, -0.25) is 4.89 Å². The quantitative estimate of drug-likeness (QED) is 0.569. The summed E-state index contributed by atoms with van der Waals surface area (Å²) in [5, 5.41) is 0. The van der Waals surface area contributed by atoms with Crippen LogP contribution in [0.25, 0.3) is 0 Å². The molecule has 134 valence electrons. The van der Waals surface area contributed by atoms with E-state index in [1.807, 2.05) is 6.92 Å². The van der Waals surface area contributed by atoms with Gasteiger partial charge >= 0.3 is 5.97 Å². The summed E-state index contributed by atoms with van der Waals surface area (Å²) in [6.07, 6.45) is 3.98. The number of carbonyl (C=O) groups excluding carboxylic acids is 1. The lowest BCUT2D eigenvalue weighted by molar-refractivity contribution is -0.320. The molecule has 0 amide bonds. The molecule has 0 atom stereocenters. The summed E-state index contributed by atoms with van der Waals surface area (Å²) in [4.78, 5) is 22.9. The molecular weight excluding hydrogens is 308 g/mol. The van der Waals surface area contributed by atoms with Crippen molar-refractivity contribution in [2.75, 3.05) is 14.2 Å². The summed E-state index contributed by atoms with van der Waals surface area (Å²) >= 11 is 0. The van der Waals surface area contributed by atoms with Gasteiger partial charge in [-0.15, -0.1) is 0 Å². The van der Waals surface area contributed by atoms with Crippen molar-refractivity contribution in [2.45, 2.75) is 52.1 Å². The Morgan fingerprint density at radius 2 is 1.62 bits per heavy atom. The van der Waals surface area contributed by atoms with Crippen molar-refractivity contribution >= 4 is 5.97 Å². The third-order valence-corrected chi connectivity index (χ3v) is 4.94. The zero-order valence-corrected chi connectivity index (χ0v) is 15.3. The number of rotatable bonds is 6. The summed E-state index contributed by atoms with van der Waals surface area (Å²) < 4.78 is 10.3. The van der Waals surface area contributed by atoms with E-state index < -0.39 is 11.6 Å². The van der Waals surface area contributed by atoms with E-state index in [0.717, 1.165) is 31.6 Å². The third-order valence-electron chi connectivity index (χ3n) is 4.94. The Kier molecular flexibility index (Phi) is 6.10. The van der Waals surface area contributed by atoms with Gasteiger partial charge in [-0.25, -0.2) is 4.79 Å². The lowest BCUT2D eigenvalue weighted by atomic mass is 9.75. The highest BCUT2D eigenvalue weighted by atomic mass is 17.2. The molecule has 1 aromatic rings. The van der Waals surface area contributed by atoms with Gasteiger partial charge in [0.05, 0.1) is 19.8 Å². The van der Waals surface area contributed by atoms with Crippen molar-refractivity contribution in [3.8, 4) is 11.5 Å². The Hall–Kier alpha value is -1.75. The summed E-state index contributed by atoms with van der Waals surface area (Å²) in [6.45, 7) is 6.51. The van der Waals surface area contributed by atoms with Gasteiger partial charge in [0, 0.05) is 6.07 Å². The average molecular weight is 336 g/mol. The number of benzene rings is 1. The molecule has 0 aliphatic heterocycles. The minimum absolute atomic E-state index is 0.339. The molecule has 1 aliphatic rings. The summed E-state index contributed by atoms with van der Waals surface area (Å²) in [5.74, 6) is 1.93. The molecule has 1 aliphatic carbocycles. The molecule has 0 bridgehead atoms. The smallest absolute Gasteiger partial charge is 0.373 e. The number of ether oxygens (including phenoxy) is 2. The monoisotopic (exact) mass is 336 g/mol. The standard InChI is InChI=1S/C19H28O5/c1-13(2)14-6-8-19(3,9-7-14)24-23-18(20)15-10-16(21-4)12-17(11-15)22-5/h10-14H,6-9H2,1-5H3. The van der Waals surface area contributed by atoms with Gasteiger partial charge in [0.1, 0.15) is 17.1 Å². The first kappa shape index (κ1) is 18.6. The summed E-state index contributed by atoms with van der Waals surface area (Å²) in [6, 6.07) is 4.91. The van der Waals surface area contributed by atoms with E-state index in [0.29, 0.717) is 23.0 Å². The lowest BCUT2D eigenvalue weighted by Gasteiger charge is -2.36. The number of hydrogen-bond donors (Lipinski definition) is 0. The van der Waals surface area contributed by atoms with E-state index in [9.17, 15) is 4.79 Å². The van der Waals surface area contributed by atoms with Crippen molar-refractivity contribution in [1.82, 2.24) is 0 Å². The molecule has 1 aromatic carbocycles. The molecule has 0 unspecified atom stereocenters. The fourth-order valence-electron chi connectivity index (χ4n) is 3.11. The Labute approximate surface area is 144 Å². The van der Waals surface area contributed by atoms with Crippen molar-refractivity contribution in [1.29, 1.82) is 0 Å². The summed E-state index contributed by atoms with van der Waals surface area (Å²) in [5.41, 5.74) is -0.0741. The van der Waals surface area contributed by atoms with E-state index in [4.69, 9.17) is 19.2 Å². The topological polar surface area (TPSA) is 54.0 Å². The summed E-state index contributed by atoms with van der Waals surface area (Å²) in [7, 11) is 3.07. The van der Waals surface area contributed by atoms with Gasteiger partial charge in [0.25, 0.3) is 0 Å². The second-order valence-corrected chi connectivity index (χ2v) is 7.09. The van der Waals surface area contributed by atoms with Gasteiger partial charge in [-0.1, -0.05) is 13.8 Å². The van der Waals surface area contributed by atoms with Crippen LogP contribution in [-0.4, -0.2) is 25.8 Å². The first-order chi connectivity index (χ1) is 11.4. The maximum absolute atomic E-state index is 12.3. The van der Waals surface area contributed by atoms with Gasteiger partial charge in [0.15, 0.2) is 0 Å². The van der Waals surface area contributed by atoms with Crippen molar-refractivity contribution in [2.24, 2.45) is 11.8 Å². The van der Waals surface area contributed by atoms with Crippen LogP contribution in [0.4, 0.5) is 0 Å². The Balaban J connectivity index is 1.96. The van der Waals surface area contributed by atoms with Gasteiger partial charge in [-0.2, -0.15) is 4.89 Å². The van der Waals surface area contributed by atoms with E-state index in [-0.39, 0.29) is 0 Å². The van der Waals surface area contributed by atoms with E-state index in [1.165, 1.54) is 14.2 Å². The first-order valence-electron chi connectivity index (χ1n) is 8.50. The van der Waals surface area contributed by atoms with Crippen LogP contribution < -0.4 is 9.47 Å². The highest BCUT2D eigenvalue weighted by molar-refractivity contribution is 5.90. The molecule has 1 saturated carbocycles. The minimum atomic E-state index is -0.542. The number of methoxy groups -OCH3 is 2. The lowest BCUT2D eigenvalue weighted by Crippen LogP contribution is -2.36. The van der Waals surface area contributed by atoms with Crippen molar-refractivity contribution in [3.05, 3.63) is 23.8 Å². The first-order valence-corrected chi connectivity index (χ1v) is 8.50. The molecule has 0 N–H and O–H groups in total. The molecule has 0 saturated heterocycles. The highest BCUT2D eigenvalue weighted by Crippen LogP contribution is 2.38. The second kappa shape index (κ2) is 7.88. The van der Waals surface area contributed by atoms with Gasteiger partial charge < -0.3 is 9.47 Å². The Bertz CT molecular complexity index is 537. The molecule has 0 spiro atoms. The fraction of sp³-hybridized carbons (Fsp3) is 0.632. The molecule has 5 heteroatoms. The molecule has 24 heavy (non-hydrogen) atoms. The van der Waals surface area contributed by atoms with Gasteiger partial charge in [-0.05, 0) is 56.6 Å².